The fourth-order valence-corrected chi connectivity index (χ4v) is 3.50. The third kappa shape index (κ3) is 4.25. The minimum atomic E-state index is -0.428. The van der Waals surface area contributed by atoms with Gasteiger partial charge in [0, 0.05) is 12.1 Å². The molecule has 0 saturated heterocycles. The number of non-ortho nitro benzene ring substituents is 1. The SMILES string of the molecule is CC1=NN(c2ccccc2)C(=O)/C1=C(/C=C/c1ccc([N+](=O)[O-])cc1)c1ccc(C)cc1. The van der Waals surface area contributed by atoms with E-state index in [4.69, 9.17) is 0 Å². The van der Waals surface area contributed by atoms with E-state index in [1.165, 1.54) is 17.1 Å². The van der Waals surface area contributed by atoms with Crippen LogP contribution in [-0.4, -0.2) is 16.5 Å². The normalized spacial score (nSPS) is 15.2. The van der Waals surface area contributed by atoms with Crippen LogP contribution in [0.25, 0.3) is 11.6 Å². The van der Waals surface area contributed by atoms with Crippen molar-refractivity contribution in [1.29, 1.82) is 0 Å². The number of hydrazone groups is 1. The van der Waals surface area contributed by atoms with Gasteiger partial charge in [0.25, 0.3) is 11.6 Å². The predicted molar refractivity (Wildman–Crippen MR) is 127 cm³/mol. The molecule has 0 saturated carbocycles. The average molecular weight is 423 g/mol. The molecule has 32 heavy (non-hydrogen) atoms. The molecule has 0 bridgehead atoms. The van der Waals surface area contributed by atoms with Crippen molar-refractivity contribution in [3.63, 3.8) is 0 Å². The highest BCUT2D eigenvalue weighted by Crippen LogP contribution is 2.30. The van der Waals surface area contributed by atoms with E-state index in [1.54, 1.807) is 12.1 Å². The van der Waals surface area contributed by atoms with Crippen LogP contribution in [0.15, 0.2) is 95.6 Å². The lowest BCUT2D eigenvalue weighted by Crippen LogP contribution is -2.21. The molecule has 3 aromatic rings. The fraction of sp³-hybridized carbons (Fsp3) is 0.0769. The Balaban J connectivity index is 1.78. The van der Waals surface area contributed by atoms with Crippen LogP contribution in [0, 0.1) is 17.0 Å². The van der Waals surface area contributed by atoms with Gasteiger partial charge in [0.15, 0.2) is 0 Å². The number of allylic oxidation sites excluding steroid dienone is 2. The molecule has 1 amide bonds. The monoisotopic (exact) mass is 423 g/mol. The maximum Gasteiger partial charge on any atom is 0.281 e. The molecular weight excluding hydrogens is 402 g/mol. The van der Waals surface area contributed by atoms with Crippen LogP contribution in [0.4, 0.5) is 11.4 Å². The Morgan fingerprint density at radius 2 is 1.59 bits per heavy atom. The van der Waals surface area contributed by atoms with Crippen molar-refractivity contribution in [3.8, 4) is 0 Å². The van der Waals surface area contributed by atoms with Crippen molar-refractivity contribution >= 4 is 34.6 Å². The standard InChI is InChI=1S/C26H21N3O3/c1-18-8-13-21(14-9-18)24(17-12-20-10-15-23(16-11-20)29(31)32)25-19(2)27-28(26(25)30)22-6-4-3-5-7-22/h3-17H,1-2H3/b17-12+,25-24-. The number of carbonyl (C=O) groups excluding carboxylic acids is 1. The number of para-hydroxylation sites is 1. The number of nitro benzene ring substituents is 1. The zero-order valence-corrected chi connectivity index (χ0v) is 17.7. The summed E-state index contributed by atoms with van der Waals surface area (Å²) in [5, 5.41) is 16.8. The van der Waals surface area contributed by atoms with Gasteiger partial charge < -0.3 is 0 Å². The lowest BCUT2D eigenvalue weighted by Gasteiger charge is -2.13. The number of anilines is 1. The second-order valence-corrected chi connectivity index (χ2v) is 7.47. The van der Waals surface area contributed by atoms with E-state index in [9.17, 15) is 14.9 Å². The van der Waals surface area contributed by atoms with Crippen molar-refractivity contribution < 1.29 is 9.72 Å². The Kier molecular flexibility index (Phi) is 5.77. The Hall–Kier alpha value is -4.32. The van der Waals surface area contributed by atoms with E-state index in [1.807, 2.05) is 80.6 Å². The molecule has 0 spiro atoms. The summed E-state index contributed by atoms with van der Waals surface area (Å²) in [6.07, 6.45) is 3.71. The van der Waals surface area contributed by atoms with Crippen molar-refractivity contribution in [2.24, 2.45) is 5.10 Å². The van der Waals surface area contributed by atoms with E-state index in [0.29, 0.717) is 17.0 Å². The number of aryl methyl sites for hydroxylation is 1. The van der Waals surface area contributed by atoms with Crippen molar-refractivity contribution in [2.75, 3.05) is 5.01 Å². The van der Waals surface area contributed by atoms with Gasteiger partial charge >= 0.3 is 0 Å². The van der Waals surface area contributed by atoms with Gasteiger partial charge in [0.2, 0.25) is 0 Å². The Morgan fingerprint density at radius 1 is 0.938 bits per heavy atom. The number of hydrogen-bond donors (Lipinski definition) is 0. The molecule has 1 heterocycles. The van der Waals surface area contributed by atoms with Gasteiger partial charge in [-0.25, -0.2) is 0 Å². The summed E-state index contributed by atoms with van der Waals surface area (Å²) in [6, 6.07) is 23.5. The van der Waals surface area contributed by atoms with Gasteiger partial charge in [-0.3, -0.25) is 14.9 Å². The molecule has 0 fully saturated rings. The predicted octanol–water partition coefficient (Wildman–Crippen LogP) is 5.79. The lowest BCUT2D eigenvalue weighted by atomic mass is 9.95. The first-order chi connectivity index (χ1) is 15.4. The summed E-state index contributed by atoms with van der Waals surface area (Å²) in [4.78, 5) is 23.9. The number of carbonyl (C=O) groups is 1. The fourth-order valence-electron chi connectivity index (χ4n) is 3.50. The lowest BCUT2D eigenvalue weighted by molar-refractivity contribution is -0.384. The zero-order chi connectivity index (χ0) is 22.7. The highest BCUT2D eigenvalue weighted by atomic mass is 16.6. The second kappa shape index (κ2) is 8.81. The van der Waals surface area contributed by atoms with Crippen LogP contribution in [0.1, 0.15) is 23.6 Å². The number of hydrogen-bond acceptors (Lipinski definition) is 4. The Bertz CT molecular complexity index is 1260. The van der Waals surface area contributed by atoms with E-state index >= 15 is 0 Å². The van der Waals surface area contributed by atoms with Gasteiger partial charge in [0.1, 0.15) is 0 Å². The van der Waals surface area contributed by atoms with Crippen molar-refractivity contribution in [3.05, 3.63) is 117 Å². The number of rotatable bonds is 5. The molecule has 0 atom stereocenters. The van der Waals surface area contributed by atoms with E-state index in [0.717, 1.165) is 22.3 Å². The van der Waals surface area contributed by atoms with Crippen LogP contribution in [-0.2, 0) is 4.79 Å². The third-order valence-electron chi connectivity index (χ3n) is 5.20. The molecule has 1 aliphatic heterocycles. The first kappa shape index (κ1) is 20.9. The van der Waals surface area contributed by atoms with Crippen LogP contribution in [0.2, 0.25) is 0 Å². The molecule has 6 nitrogen and oxygen atoms in total. The van der Waals surface area contributed by atoms with Gasteiger partial charge in [-0.1, -0.05) is 60.2 Å². The van der Waals surface area contributed by atoms with Crippen molar-refractivity contribution in [2.45, 2.75) is 13.8 Å². The van der Waals surface area contributed by atoms with Gasteiger partial charge in [0.05, 0.1) is 21.9 Å². The van der Waals surface area contributed by atoms with E-state index in [-0.39, 0.29) is 11.6 Å². The number of amides is 1. The number of nitro groups is 1. The highest BCUT2D eigenvalue weighted by molar-refractivity contribution is 6.34. The highest BCUT2D eigenvalue weighted by Gasteiger charge is 2.31. The van der Waals surface area contributed by atoms with Gasteiger partial charge in [-0.15, -0.1) is 0 Å². The Morgan fingerprint density at radius 3 is 2.22 bits per heavy atom. The van der Waals surface area contributed by atoms with Crippen LogP contribution < -0.4 is 5.01 Å². The summed E-state index contributed by atoms with van der Waals surface area (Å²) < 4.78 is 0. The molecule has 0 aromatic heterocycles. The zero-order valence-electron chi connectivity index (χ0n) is 17.7. The van der Waals surface area contributed by atoms with Gasteiger partial charge in [-0.2, -0.15) is 10.1 Å². The molecule has 0 radical (unpaired) electrons. The molecule has 0 aliphatic carbocycles. The first-order valence-electron chi connectivity index (χ1n) is 10.1. The average Bonchev–Trinajstić information content (AvgIpc) is 3.10. The minimum absolute atomic E-state index is 0.0340. The summed E-state index contributed by atoms with van der Waals surface area (Å²) in [7, 11) is 0. The number of nitrogens with zero attached hydrogens (tertiary/aromatic N) is 3. The second-order valence-electron chi connectivity index (χ2n) is 7.47. The molecule has 4 rings (SSSR count). The molecule has 0 N–H and O–H groups in total. The summed E-state index contributed by atoms with van der Waals surface area (Å²) in [5.74, 6) is -0.197. The molecule has 6 heteroatoms. The largest absolute Gasteiger partial charge is 0.281 e. The first-order valence-corrected chi connectivity index (χ1v) is 10.1. The van der Waals surface area contributed by atoms with Gasteiger partial charge in [-0.05, 0) is 54.8 Å². The minimum Gasteiger partial charge on any atom is -0.267 e. The van der Waals surface area contributed by atoms with Crippen LogP contribution in [0.3, 0.4) is 0 Å². The van der Waals surface area contributed by atoms with Crippen LogP contribution >= 0.6 is 0 Å². The van der Waals surface area contributed by atoms with E-state index in [2.05, 4.69) is 5.10 Å². The van der Waals surface area contributed by atoms with E-state index < -0.39 is 4.92 Å². The molecule has 1 aliphatic rings. The smallest absolute Gasteiger partial charge is 0.267 e. The number of benzene rings is 3. The quantitative estimate of drug-likeness (QED) is 0.296. The molecule has 0 unspecified atom stereocenters. The van der Waals surface area contributed by atoms with Crippen molar-refractivity contribution in [1.82, 2.24) is 0 Å². The maximum absolute atomic E-state index is 13.4. The maximum atomic E-state index is 13.4. The molecule has 3 aromatic carbocycles. The summed E-state index contributed by atoms with van der Waals surface area (Å²) in [6.45, 7) is 3.83. The third-order valence-corrected chi connectivity index (χ3v) is 5.20. The summed E-state index contributed by atoms with van der Waals surface area (Å²) >= 11 is 0. The topological polar surface area (TPSA) is 75.8 Å². The van der Waals surface area contributed by atoms with Crippen LogP contribution in [0.5, 0.6) is 0 Å². The molecule has 158 valence electrons. The summed E-state index contributed by atoms with van der Waals surface area (Å²) in [5.41, 5.74) is 5.43. The Labute approximate surface area is 186 Å². The molecular formula is C26H21N3O3.